The van der Waals surface area contributed by atoms with Crippen LogP contribution in [0.5, 0.6) is 5.75 Å². The third-order valence-corrected chi connectivity index (χ3v) is 3.57. The van der Waals surface area contributed by atoms with Crippen LogP contribution in [0.15, 0.2) is 24.3 Å². The fourth-order valence-electron chi connectivity index (χ4n) is 1.78. The van der Waals surface area contributed by atoms with Gasteiger partial charge in [0.15, 0.2) is 6.61 Å². The van der Waals surface area contributed by atoms with Gasteiger partial charge < -0.3 is 20.1 Å². The van der Waals surface area contributed by atoms with Gasteiger partial charge >= 0.3 is 5.97 Å². The van der Waals surface area contributed by atoms with Crippen molar-refractivity contribution in [2.45, 2.75) is 33.7 Å². The van der Waals surface area contributed by atoms with Crippen molar-refractivity contribution >= 4 is 17.8 Å². The van der Waals surface area contributed by atoms with E-state index in [1.807, 2.05) is 27.7 Å². The van der Waals surface area contributed by atoms with Crippen LogP contribution in [0.1, 0.15) is 38.1 Å². The number of carbonyl (C=O) groups is 3. The maximum Gasteiger partial charge on any atom is 0.325 e. The Kier molecular flexibility index (Phi) is 8.46. The number of esters is 1. The van der Waals surface area contributed by atoms with Crippen molar-refractivity contribution in [3.8, 4) is 5.75 Å². The van der Waals surface area contributed by atoms with E-state index in [9.17, 15) is 14.4 Å². The minimum absolute atomic E-state index is 0.00874. The van der Waals surface area contributed by atoms with Gasteiger partial charge in [0.25, 0.3) is 11.8 Å². The molecule has 2 amide bonds. The smallest absolute Gasteiger partial charge is 0.325 e. The van der Waals surface area contributed by atoms with E-state index in [0.29, 0.717) is 17.9 Å². The van der Waals surface area contributed by atoms with Crippen LogP contribution in [0, 0.1) is 5.92 Å². The summed E-state index contributed by atoms with van der Waals surface area (Å²) < 4.78 is 10.1. The molecule has 1 aromatic rings. The van der Waals surface area contributed by atoms with Gasteiger partial charge in [-0.2, -0.15) is 0 Å². The lowest BCUT2D eigenvalue weighted by Crippen LogP contribution is -2.39. The third-order valence-electron chi connectivity index (χ3n) is 3.57. The summed E-state index contributed by atoms with van der Waals surface area (Å²) in [6.07, 6.45) is 0. The Balaban J connectivity index is 2.33. The Morgan fingerprint density at radius 1 is 1.08 bits per heavy atom. The molecule has 0 saturated carbocycles. The fraction of sp³-hybridized carbons (Fsp3) is 0.500. The van der Waals surface area contributed by atoms with Gasteiger partial charge in [-0.15, -0.1) is 0 Å². The molecule has 0 saturated heterocycles. The highest BCUT2D eigenvalue weighted by Crippen LogP contribution is 2.11. The number of amides is 2. The molecule has 0 aliphatic heterocycles. The normalized spacial score (nSPS) is 11.6. The number of benzene rings is 1. The summed E-state index contributed by atoms with van der Waals surface area (Å²) in [4.78, 5) is 35.2. The molecular formula is C18H26N2O5. The van der Waals surface area contributed by atoms with Crippen molar-refractivity contribution < 1.29 is 23.9 Å². The number of rotatable bonds is 9. The monoisotopic (exact) mass is 350 g/mol. The lowest BCUT2D eigenvalue weighted by molar-refractivity contribution is -0.147. The summed E-state index contributed by atoms with van der Waals surface area (Å²) >= 11 is 0. The zero-order valence-corrected chi connectivity index (χ0v) is 15.1. The van der Waals surface area contributed by atoms with Gasteiger partial charge in [-0.1, -0.05) is 13.8 Å². The number of nitrogens with one attached hydrogen (secondary N) is 2. The summed E-state index contributed by atoms with van der Waals surface area (Å²) in [7, 11) is 0. The molecule has 0 radical (unpaired) electrons. The Hall–Kier alpha value is -2.57. The molecule has 0 aromatic heterocycles. The van der Waals surface area contributed by atoms with E-state index in [2.05, 4.69) is 10.6 Å². The second-order valence-corrected chi connectivity index (χ2v) is 5.90. The lowest BCUT2D eigenvalue weighted by atomic mass is 10.1. The molecule has 0 aliphatic rings. The van der Waals surface area contributed by atoms with Gasteiger partial charge in [-0.3, -0.25) is 14.4 Å². The van der Waals surface area contributed by atoms with Crippen LogP contribution < -0.4 is 15.4 Å². The predicted octanol–water partition coefficient (Wildman–Crippen LogP) is 1.52. The van der Waals surface area contributed by atoms with E-state index in [1.165, 1.54) is 0 Å². The van der Waals surface area contributed by atoms with E-state index >= 15 is 0 Å². The molecule has 7 heteroatoms. The van der Waals surface area contributed by atoms with Crippen molar-refractivity contribution in [2.24, 2.45) is 5.92 Å². The molecule has 1 rings (SSSR count). The maximum absolute atomic E-state index is 11.9. The predicted molar refractivity (Wildman–Crippen MR) is 93.3 cm³/mol. The molecule has 25 heavy (non-hydrogen) atoms. The first-order valence-electron chi connectivity index (χ1n) is 8.29. The van der Waals surface area contributed by atoms with Crippen molar-refractivity contribution in [1.82, 2.24) is 10.6 Å². The van der Waals surface area contributed by atoms with E-state index in [1.54, 1.807) is 24.3 Å². The molecule has 0 heterocycles. The molecule has 0 fully saturated rings. The highest BCUT2D eigenvalue weighted by molar-refractivity contribution is 5.96. The second kappa shape index (κ2) is 10.3. The second-order valence-electron chi connectivity index (χ2n) is 5.90. The van der Waals surface area contributed by atoms with E-state index in [-0.39, 0.29) is 31.0 Å². The van der Waals surface area contributed by atoms with Gasteiger partial charge in [0.05, 0.1) is 6.61 Å². The highest BCUT2D eigenvalue weighted by Gasteiger charge is 2.13. The van der Waals surface area contributed by atoms with E-state index in [4.69, 9.17) is 9.47 Å². The first-order chi connectivity index (χ1) is 11.8. The molecule has 0 unspecified atom stereocenters. The zero-order valence-electron chi connectivity index (χ0n) is 15.1. The summed E-state index contributed by atoms with van der Waals surface area (Å²) in [5.74, 6) is -0.495. The molecule has 138 valence electrons. The van der Waals surface area contributed by atoms with Crippen molar-refractivity contribution in [3.05, 3.63) is 29.8 Å². The van der Waals surface area contributed by atoms with E-state index in [0.717, 1.165) is 0 Å². The minimum Gasteiger partial charge on any atom is -0.494 e. The number of ether oxygens (including phenoxy) is 2. The van der Waals surface area contributed by atoms with Crippen LogP contribution in [0.2, 0.25) is 0 Å². The Morgan fingerprint density at radius 3 is 2.28 bits per heavy atom. The molecule has 1 aromatic carbocycles. The van der Waals surface area contributed by atoms with Gasteiger partial charge in [-0.25, -0.2) is 0 Å². The highest BCUT2D eigenvalue weighted by atomic mass is 16.5. The summed E-state index contributed by atoms with van der Waals surface area (Å²) in [6, 6.07) is 6.55. The molecular weight excluding hydrogens is 324 g/mol. The van der Waals surface area contributed by atoms with Crippen molar-refractivity contribution in [2.75, 3.05) is 19.8 Å². The summed E-state index contributed by atoms with van der Waals surface area (Å²) in [6.45, 7) is 7.58. The van der Waals surface area contributed by atoms with Gasteiger partial charge in [0.2, 0.25) is 0 Å². The first-order valence-corrected chi connectivity index (χ1v) is 8.29. The van der Waals surface area contributed by atoms with Gasteiger partial charge in [0.1, 0.15) is 12.3 Å². The SMILES string of the molecule is CCOc1ccc(C(=O)NCC(=O)OCC(=O)N[C@@H](C)C(C)C)cc1. The van der Waals surface area contributed by atoms with Crippen LogP contribution >= 0.6 is 0 Å². The Bertz CT molecular complexity index is 584. The molecule has 7 nitrogen and oxygen atoms in total. The molecule has 0 bridgehead atoms. The number of carbonyl (C=O) groups excluding carboxylic acids is 3. The fourth-order valence-corrected chi connectivity index (χ4v) is 1.78. The van der Waals surface area contributed by atoms with Crippen LogP contribution in [0.3, 0.4) is 0 Å². The van der Waals surface area contributed by atoms with Crippen LogP contribution in [-0.2, 0) is 14.3 Å². The summed E-state index contributed by atoms with van der Waals surface area (Å²) in [5.41, 5.74) is 0.403. The minimum atomic E-state index is -0.674. The largest absolute Gasteiger partial charge is 0.494 e. The average molecular weight is 350 g/mol. The zero-order chi connectivity index (χ0) is 18.8. The van der Waals surface area contributed by atoms with Crippen LogP contribution in [0.4, 0.5) is 0 Å². The van der Waals surface area contributed by atoms with Crippen molar-refractivity contribution in [3.63, 3.8) is 0 Å². The first kappa shape index (κ1) is 20.5. The van der Waals surface area contributed by atoms with Crippen LogP contribution in [0.25, 0.3) is 0 Å². The lowest BCUT2D eigenvalue weighted by Gasteiger charge is -2.17. The number of hydrogen-bond acceptors (Lipinski definition) is 5. The topological polar surface area (TPSA) is 93.7 Å². The summed E-state index contributed by atoms with van der Waals surface area (Å²) in [5, 5.41) is 5.17. The average Bonchev–Trinajstić information content (AvgIpc) is 2.58. The molecule has 0 aliphatic carbocycles. The maximum atomic E-state index is 11.9. The van der Waals surface area contributed by atoms with E-state index < -0.39 is 11.9 Å². The molecule has 1 atom stereocenters. The third kappa shape index (κ3) is 7.69. The molecule has 0 spiro atoms. The Morgan fingerprint density at radius 2 is 1.72 bits per heavy atom. The quantitative estimate of drug-likeness (QED) is 0.659. The van der Waals surface area contributed by atoms with Crippen molar-refractivity contribution in [1.29, 1.82) is 0 Å². The Labute approximate surface area is 148 Å². The number of hydrogen-bond donors (Lipinski definition) is 2. The standard InChI is InChI=1S/C18H26N2O5/c1-5-24-15-8-6-14(7-9-15)18(23)19-10-17(22)25-11-16(21)20-13(4)12(2)3/h6-9,12-13H,5,10-11H2,1-4H3,(H,19,23)(H,20,21)/t13-/m0/s1. The van der Waals surface area contributed by atoms with Gasteiger partial charge in [0, 0.05) is 11.6 Å². The molecule has 2 N–H and O–H groups in total. The van der Waals surface area contributed by atoms with Crippen LogP contribution in [-0.4, -0.2) is 43.6 Å². The van der Waals surface area contributed by atoms with Gasteiger partial charge in [-0.05, 0) is 44.0 Å².